The summed E-state index contributed by atoms with van der Waals surface area (Å²) in [5.41, 5.74) is 0.953. The van der Waals surface area contributed by atoms with E-state index in [1.54, 1.807) is 18.1 Å². The van der Waals surface area contributed by atoms with Gasteiger partial charge in [0.15, 0.2) is 0 Å². The van der Waals surface area contributed by atoms with E-state index >= 15 is 0 Å². The van der Waals surface area contributed by atoms with Gasteiger partial charge in [-0.1, -0.05) is 6.07 Å². The minimum atomic E-state index is 0.0234. The summed E-state index contributed by atoms with van der Waals surface area (Å²) in [6.45, 7) is 2.56. The lowest BCUT2D eigenvalue weighted by atomic mass is 10.2. The molecule has 0 saturated carbocycles. The lowest BCUT2D eigenvalue weighted by Crippen LogP contribution is -2.39. The maximum Gasteiger partial charge on any atom is 0.246 e. The number of hydrogen-bond donors (Lipinski definition) is 0. The van der Waals surface area contributed by atoms with Crippen LogP contribution >= 0.6 is 15.9 Å². The molecule has 4 nitrogen and oxygen atoms in total. The third kappa shape index (κ3) is 3.81. The van der Waals surface area contributed by atoms with Gasteiger partial charge in [-0.3, -0.25) is 4.79 Å². The van der Waals surface area contributed by atoms with Gasteiger partial charge >= 0.3 is 0 Å². The molecule has 0 aliphatic carbocycles. The summed E-state index contributed by atoms with van der Waals surface area (Å²) >= 11 is 3.42. The SMILES string of the molecule is COc1ccc(C=CC(=O)N2CCOCC2)cc1Br. The summed E-state index contributed by atoms with van der Waals surface area (Å²) in [5.74, 6) is 0.798. The van der Waals surface area contributed by atoms with Gasteiger partial charge < -0.3 is 14.4 Å². The molecule has 1 heterocycles. The zero-order valence-corrected chi connectivity index (χ0v) is 12.4. The van der Waals surface area contributed by atoms with Crippen LogP contribution in [0, 0.1) is 0 Å². The summed E-state index contributed by atoms with van der Waals surface area (Å²) in [6, 6.07) is 5.69. The molecule has 0 N–H and O–H groups in total. The molecule has 1 aliphatic rings. The van der Waals surface area contributed by atoms with E-state index in [0.717, 1.165) is 15.8 Å². The zero-order valence-electron chi connectivity index (χ0n) is 10.8. The van der Waals surface area contributed by atoms with E-state index in [1.165, 1.54) is 0 Å². The molecular formula is C14H16BrNO3. The molecule has 1 aromatic rings. The van der Waals surface area contributed by atoms with Gasteiger partial charge in [0, 0.05) is 19.2 Å². The molecule has 1 saturated heterocycles. The normalized spacial score (nSPS) is 15.8. The molecule has 1 fully saturated rings. The van der Waals surface area contributed by atoms with Crippen molar-refractivity contribution in [2.75, 3.05) is 33.4 Å². The number of carbonyl (C=O) groups excluding carboxylic acids is 1. The van der Waals surface area contributed by atoms with Crippen LogP contribution in [0.3, 0.4) is 0 Å². The highest BCUT2D eigenvalue weighted by Crippen LogP contribution is 2.25. The van der Waals surface area contributed by atoms with Crippen molar-refractivity contribution in [2.45, 2.75) is 0 Å². The lowest BCUT2D eigenvalue weighted by molar-refractivity contribution is -0.129. The van der Waals surface area contributed by atoms with Crippen molar-refractivity contribution in [1.29, 1.82) is 0 Å². The maximum atomic E-state index is 11.9. The van der Waals surface area contributed by atoms with E-state index in [-0.39, 0.29) is 5.91 Å². The summed E-state index contributed by atoms with van der Waals surface area (Å²) in [4.78, 5) is 13.7. The van der Waals surface area contributed by atoms with Crippen LogP contribution in [0.15, 0.2) is 28.7 Å². The number of halogens is 1. The molecular weight excluding hydrogens is 310 g/mol. The minimum absolute atomic E-state index is 0.0234. The first kappa shape index (κ1) is 14.1. The fraction of sp³-hybridized carbons (Fsp3) is 0.357. The lowest BCUT2D eigenvalue weighted by Gasteiger charge is -2.25. The van der Waals surface area contributed by atoms with Crippen LogP contribution in [0.2, 0.25) is 0 Å². The van der Waals surface area contributed by atoms with Crippen LogP contribution in [0.4, 0.5) is 0 Å². The van der Waals surface area contributed by atoms with Crippen LogP contribution in [-0.4, -0.2) is 44.2 Å². The Kier molecular flexibility index (Phi) is 4.99. The third-order valence-corrected chi connectivity index (χ3v) is 3.54. The predicted octanol–water partition coefficient (Wildman–Crippen LogP) is 2.33. The van der Waals surface area contributed by atoms with Crippen molar-refractivity contribution in [3.05, 3.63) is 34.3 Å². The smallest absolute Gasteiger partial charge is 0.246 e. The van der Waals surface area contributed by atoms with E-state index < -0.39 is 0 Å². The Labute approximate surface area is 121 Å². The molecule has 1 amide bonds. The molecule has 0 radical (unpaired) electrons. The number of nitrogens with zero attached hydrogens (tertiary/aromatic N) is 1. The first-order valence-corrected chi connectivity index (χ1v) is 6.88. The molecule has 0 spiro atoms. The van der Waals surface area contributed by atoms with Crippen molar-refractivity contribution in [3.8, 4) is 5.75 Å². The highest BCUT2D eigenvalue weighted by molar-refractivity contribution is 9.10. The van der Waals surface area contributed by atoms with Crippen molar-refractivity contribution < 1.29 is 14.3 Å². The molecule has 0 unspecified atom stereocenters. The number of carbonyl (C=O) groups is 1. The largest absolute Gasteiger partial charge is 0.496 e. The second-order valence-electron chi connectivity index (χ2n) is 4.16. The van der Waals surface area contributed by atoms with Crippen LogP contribution in [0.5, 0.6) is 5.75 Å². The first-order chi connectivity index (χ1) is 9.20. The van der Waals surface area contributed by atoms with Crippen LogP contribution in [-0.2, 0) is 9.53 Å². The highest BCUT2D eigenvalue weighted by atomic mass is 79.9. The summed E-state index contributed by atoms with van der Waals surface area (Å²) in [7, 11) is 1.62. The highest BCUT2D eigenvalue weighted by Gasteiger charge is 2.13. The van der Waals surface area contributed by atoms with E-state index in [1.807, 2.05) is 24.3 Å². The monoisotopic (exact) mass is 325 g/mol. The van der Waals surface area contributed by atoms with E-state index in [9.17, 15) is 4.79 Å². The zero-order chi connectivity index (χ0) is 13.7. The number of benzene rings is 1. The number of amides is 1. The second-order valence-corrected chi connectivity index (χ2v) is 5.02. The quantitative estimate of drug-likeness (QED) is 0.801. The molecule has 102 valence electrons. The van der Waals surface area contributed by atoms with Gasteiger partial charge in [0.2, 0.25) is 5.91 Å². The van der Waals surface area contributed by atoms with Gasteiger partial charge in [-0.05, 0) is 39.7 Å². The Morgan fingerprint density at radius 1 is 1.42 bits per heavy atom. The van der Waals surface area contributed by atoms with E-state index in [0.29, 0.717) is 26.3 Å². The maximum absolute atomic E-state index is 11.9. The average Bonchev–Trinajstić information content (AvgIpc) is 2.46. The van der Waals surface area contributed by atoms with E-state index in [2.05, 4.69) is 15.9 Å². The molecule has 2 rings (SSSR count). The van der Waals surface area contributed by atoms with Gasteiger partial charge in [0.05, 0.1) is 24.8 Å². The Hall–Kier alpha value is -1.33. The average molecular weight is 326 g/mol. The minimum Gasteiger partial charge on any atom is -0.496 e. The van der Waals surface area contributed by atoms with Crippen molar-refractivity contribution in [1.82, 2.24) is 4.90 Å². The van der Waals surface area contributed by atoms with Crippen molar-refractivity contribution in [3.63, 3.8) is 0 Å². The van der Waals surface area contributed by atoms with Gasteiger partial charge in [0.25, 0.3) is 0 Å². The number of methoxy groups -OCH3 is 1. The standard InChI is InChI=1S/C14H16BrNO3/c1-18-13-4-2-11(10-12(13)15)3-5-14(17)16-6-8-19-9-7-16/h2-5,10H,6-9H2,1H3. The molecule has 19 heavy (non-hydrogen) atoms. The Morgan fingerprint density at radius 2 is 2.16 bits per heavy atom. The topological polar surface area (TPSA) is 38.8 Å². The Balaban J connectivity index is 2.01. The number of morpholine rings is 1. The summed E-state index contributed by atoms with van der Waals surface area (Å²) < 4.78 is 11.2. The fourth-order valence-corrected chi connectivity index (χ4v) is 2.40. The predicted molar refractivity (Wildman–Crippen MR) is 77.1 cm³/mol. The van der Waals surface area contributed by atoms with Crippen LogP contribution in [0.1, 0.15) is 5.56 Å². The summed E-state index contributed by atoms with van der Waals surface area (Å²) in [5, 5.41) is 0. The van der Waals surface area contributed by atoms with Gasteiger partial charge in [-0.15, -0.1) is 0 Å². The molecule has 1 aliphatic heterocycles. The summed E-state index contributed by atoms with van der Waals surface area (Å²) in [6.07, 6.45) is 3.40. The molecule has 0 bridgehead atoms. The number of hydrogen-bond acceptors (Lipinski definition) is 3. The second kappa shape index (κ2) is 6.73. The number of ether oxygens (including phenoxy) is 2. The first-order valence-electron chi connectivity index (χ1n) is 6.09. The molecule has 1 aromatic carbocycles. The van der Waals surface area contributed by atoms with Crippen LogP contribution in [0.25, 0.3) is 6.08 Å². The van der Waals surface area contributed by atoms with E-state index in [4.69, 9.17) is 9.47 Å². The van der Waals surface area contributed by atoms with Crippen molar-refractivity contribution >= 4 is 27.9 Å². The molecule has 0 atom stereocenters. The molecule has 0 aromatic heterocycles. The van der Waals surface area contributed by atoms with Crippen LogP contribution < -0.4 is 4.74 Å². The van der Waals surface area contributed by atoms with Gasteiger partial charge in [0.1, 0.15) is 5.75 Å². The van der Waals surface area contributed by atoms with Gasteiger partial charge in [-0.25, -0.2) is 0 Å². The fourth-order valence-electron chi connectivity index (χ4n) is 1.84. The molecule has 5 heteroatoms. The Morgan fingerprint density at radius 3 is 2.79 bits per heavy atom. The third-order valence-electron chi connectivity index (χ3n) is 2.92. The Bertz CT molecular complexity index is 482. The van der Waals surface area contributed by atoms with Gasteiger partial charge in [-0.2, -0.15) is 0 Å². The van der Waals surface area contributed by atoms with Crippen molar-refractivity contribution in [2.24, 2.45) is 0 Å². The number of rotatable bonds is 3.